The first kappa shape index (κ1) is 10.7. The summed E-state index contributed by atoms with van der Waals surface area (Å²) in [7, 11) is 0. The van der Waals surface area contributed by atoms with Crippen LogP contribution in [0.2, 0.25) is 5.02 Å². The van der Waals surface area contributed by atoms with Gasteiger partial charge in [-0.2, -0.15) is 18.4 Å². The molecule has 0 aliphatic rings. The van der Waals surface area contributed by atoms with Crippen molar-refractivity contribution in [3.63, 3.8) is 0 Å². The molecule has 0 unspecified atom stereocenters. The summed E-state index contributed by atoms with van der Waals surface area (Å²) in [6.07, 6.45) is -4.57. The van der Waals surface area contributed by atoms with Crippen LogP contribution in [0.3, 0.4) is 0 Å². The van der Waals surface area contributed by atoms with Crippen molar-refractivity contribution in [1.29, 1.82) is 5.26 Å². The summed E-state index contributed by atoms with van der Waals surface area (Å²) >= 11 is 5.38. The molecule has 0 atom stereocenters. The molecule has 14 heavy (non-hydrogen) atoms. The number of nitrogen functional groups attached to an aromatic ring is 1. The number of benzene rings is 1. The Morgan fingerprint density at radius 1 is 1.36 bits per heavy atom. The lowest BCUT2D eigenvalue weighted by molar-refractivity contribution is -0.137. The van der Waals surface area contributed by atoms with Gasteiger partial charge in [0.05, 0.1) is 21.8 Å². The SMILES string of the molecule is N#Cc1c(N)ccc(C(F)(F)F)c1Cl. The molecule has 0 fully saturated rings. The Bertz CT molecular complexity index is 406. The highest BCUT2D eigenvalue weighted by Crippen LogP contribution is 2.37. The number of halogens is 4. The zero-order valence-corrected chi connectivity index (χ0v) is 7.45. The molecule has 2 N–H and O–H groups in total. The Labute approximate surface area is 82.7 Å². The molecule has 1 rings (SSSR count). The van der Waals surface area contributed by atoms with Crippen LogP contribution < -0.4 is 5.73 Å². The summed E-state index contributed by atoms with van der Waals surface area (Å²) in [5.74, 6) is 0. The van der Waals surface area contributed by atoms with Crippen LogP contribution in [0, 0.1) is 11.3 Å². The van der Waals surface area contributed by atoms with E-state index in [4.69, 9.17) is 22.6 Å². The van der Waals surface area contributed by atoms with Crippen LogP contribution in [0.1, 0.15) is 11.1 Å². The summed E-state index contributed by atoms with van der Waals surface area (Å²) in [5.41, 5.74) is 3.81. The summed E-state index contributed by atoms with van der Waals surface area (Å²) in [6, 6.07) is 3.27. The van der Waals surface area contributed by atoms with E-state index in [1.165, 1.54) is 6.07 Å². The number of nitrogens with two attached hydrogens (primary N) is 1. The lowest BCUT2D eigenvalue weighted by atomic mass is 10.1. The molecule has 2 nitrogen and oxygen atoms in total. The first-order valence-corrected chi connectivity index (χ1v) is 3.81. The van der Waals surface area contributed by atoms with Gasteiger partial charge in [-0.05, 0) is 12.1 Å². The van der Waals surface area contributed by atoms with E-state index >= 15 is 0 Å². The standard InChI is InChI=1S/C8H4ClF3N2/c9-7-4(3-13)6(14)2-1-5(7)8(10,11)12/h1-2H,14H2. The van der Waals surface area contributed by atoms with Crippen molar-refractivity contribution in [2.45, 2.75) is 6.18 Å². The van der Waals surface area contributed by atoms with Gasteiger partial charge in [-0.3, -0.25) is 0 Å². The van der Waals surface area contributed by atoms with Crippen LogP contribution in [0.15, 0.2) is 12.1 Å². The third-order valence-corrected chi connectivity index (χ3v) is 1.98. The van der Waals surface area contributed by atoms with Crippen molar-refractivity contribution in [3.05, 3.63) is 28.3 Å². The Hall–Kier alpha value is -1.41. The number of rotatable bonds is 0. The second-order valence-corrected chi connectivity index (χ2v) is 2.88. The fraction of sp³-hybridized carbons (Fsp3) is 0.125. The fourth-order valence-electron chi connectivity index (χ4n) is 0.924. The van der Waals surface area contributed by atoms with Crippen LogP contribution in [0.25, 0.3) is 0 Å². The Kier molecular flexibility index (Phi) is 2.58. The minimum atomic E-state index is -4.57. The van der Waals surface area contributed by atoms with Gasteiger partial charge in [0.25, 0.3) is 0 Å². The average Bonchev–Trinajstić information content (AvgIpc) is 2.02. The lowest BCUT2D eigenvalue weighted by Gasteiger charge is -2.10. The van der Waals surface area contributed by atoms with Crippen LogP contribution in [0.4, 0.5) is 18.9 Å². The monoisotopic (exact) mass is 220 g/mol. The van der Waals surface area contributed by atoms with Crippen molar-refractivity contribution in [2.24, 2.45) is 0 Å². The van der Waals surface area contributed by atoms with E-state index in [1.807, 2.05) is 0 Å². The number of hydrogen-bond donors (Lipinski definition) is 1. The minimum Gasteiger partial charge on any atom is -0.398 e. The molecule has 0 aliphatic carbocycles. The highest BCUT2D eigenvalue weighted by Gasteiger charge is 2.34. The molecule has 0 bridgehead atoms. The maximum Gasteiger partial charge on any atom is 0.417 e. The van der Waals surface area contributed by atoms with Crippen molar-refractivity contribution in [1.82, 2.24) is 0 Å². The highest BCUT2D eigenvalue weighted by atomic mass is 35.5. The summed E-state index contributed by atoms with van der Waals surface area (Å²) in [4.78, 5) is 0. The molecule has 1 aromatic rings. The Balaban J connectivity index is 3.46. The van der Waals surface area contributed by atoms with E-state index in [0.717, 1.165) is 12.1 Å². The van der Waals surface area contributed by atoms with Gasteiger partial charge in [-0.1, -0.05) is 11.6 Å². The van der Waals surface area contributed by atoms with Gasteiger partial charge in [-0.15, -0.1) is 0 Å². The number of anilines is 1. The van der Waals surface area contributed by atoms with E-state index in [0.29, 0.717) is 0 Å². The predicted molar refractivity (Wildman–Crippen MR) is 45.6 cm³/mol. The molecule has 6 heteroatoms. The quantitative estimate of drug-likeness (QED) is 0.684. The molecule has 0 radical (unpaired) electrons. The van der Waals surface area contributed by atoms with Crippen molar-refractivity contribution < 1.29 is 13.2 Å². The van der Waals surface area contributed by atoms with Gasteiger partial charge >= 0.3 is 6.18 Å². The topological polar surface area (TPSA) is 49.8 Å². The first-order valence-electron chi connectivity index (χ1n) is 3.43. The third kappa shape index (κ3) is 1.75. The van der Waals surface area contributed by atoms with Gasteiger partial charge in [0.15, 0.2) is 0 Å². The molecule has 0 saturated carbocycles. The maximum absolute atomic E-state index is 12.3. The normalized spacial score (nSPS) is 11.1. The lowest BCUT2D eigenvalue weighted by Crippen LogP contribution is -2.07. The third-order valence-electron chi connectivity index (χ3n) is 1.59. The van der Waals surface area contributed by atoms with E-state index in [1.54, 1.807) is 0 Å². The van der Waals surface area contributed by atoms with Crippen molar-refractivity contribution >= 4 is 17.3 Å². The van der Waals surface area contributed by atoms with Crippen LogP contribution in [0.5, 0.6) is 0 Å². The van der Waals surface area contributed by atoms with Gasteiger partial charge in [0.2, 0.25) is 0 Å². The fourth-order valence-corrected chi connectivity index (χ4v) is 1.25. The molecular formula is C8H4ClF3N2. The van der Waals surface area contributed by atoms with Crippen LogP contribution in [-0.4, -0.2) is 0 Å². The predicted octanol–water partition coefficient (Wildman–Crippen LogP) is 2.81. The molecule has 0 aromatic heterocycles. The van der Waals surface area contributed by atoms with Crippen molar-refractivity contribution in [3.8, 4) is 6.07 Å². The maximum atomic E-state index is 12.3. The largest absolute Gasteiger partial charge is 0.417 e. The van der Waals surface area contributed by atoms with Crippen molar-refractivity contribution in [2.75, 3.05) is 5.73 Å². The Morgan fingerprint density at radius 2 is 1.93 bits per heavy atom. The molecule has 0 saturated heterocycles. The molecule has 0 spiro atoms. The first-order chi connectivity index (χ1) is 6.38. The molecule has 0 aliphatic heterocycles. The van der Waals surface area contributed by atoms with E-state index < -0.39 is 16.8 Å². The average molecular weight is 221 g/mol. The van der Waals surface area contributed by atoms with Gasteiger partial charge in [-0.25, -0.2) is 0 Å². The van der Waals surface area contributed by atoms with E-state index in [9.17, 15) is 13.2 Å². The number of nitriles is 1. The van der Waals surface area contributed by atoms with E-state index in [-0.39, 0.29) is 11.3 Å². The molecule has 0 amide bonds. The zero-order chi connectivity index (χ0) is 10.9. The second kappa shape index (κ2) is 3.39. The molecule has 74 valence electrons. The van der Waals surface area contributed by atoms with Crippen LogP contribution in [-0.2, 0) is 6.18 Å². The number of hydrogen-bond acceptors (Lipinski definition) is 2. The molecule has 1 aromatic carbocycles. The second-order valence-electron chi connectivity index (χ2n) is 2.50. The van der Waals surface area contributed by atoms with Gasteiger partial charge in [0.1, 0.15) is 6.07 Å². The Morgan fingerprint density at radius 3 is 2.36 bits per heavy atom. The summed E-state index contributed by atoms with van der Waals surface area (Å²) in [5, 5.41) is 7.85. The van der Waals surface area contributed by atoms with Gasteiger partial charge in [0, 0.05) is 0 Å². The summed E-state index contributed by atoms with van der Waals surface area (Å²) < 4.78 is 36.8. The summed E-state index contributed by atoms with van der Waals surface area (Å²) in [6.45, 7) is 0. The van der Waals surface area contributed by atoms with Crippen LogP contribution >= 0.6 is 11.6 Å². The number of alkyl halides is 3. The van der Waals surface area contributed by atoms with E-state index in [2.05, 4.69) is 0 Å². The zero-order valence-electron chi connectivity index (χ0n) is 6.69. The molecule has 0 heterocycles. The highest BCUT2D eigenvalue weighted by molar-refractivity contribution is 6.33. The molecular weight excluding hydrogens is 217 g/mol. The minimum absolute atomic E-state index is 0.0644. The number of nitrogens with zero attached hydrogens (tertiary/aromatic N) is 1. The smallest absolute Gasteiger partial charge is 0.398 e. The van der Waals surface area contributed by atoms with Gasteiger partial charge < -0.3 is 5.73 Å².